The standard InChI is InChI=1S/C22H27N3O2S/c1-17(2)15-18-5-9-22(10-6-18)28(26,27)24-20-11-13-25(14-12-20)21-7-3-19(16-23)4-8-21/h3-10,17,20,24H,11-15H2,1-2H3. The first-order chi connectivity index (χ1) is 13.4. The summed E-state index contributed by atoms with van der Waals surface area (Å²) in [7, 11) is -3.50. The summed E-state index contributed by atoms with van der Waals surface area (Å²) in [6.45, 7) is 5.87. The van der Waals surface area contributed by atoms with E-state index in [-0.39, 0.29) is 6.04 Å². The van der Waals surface area contributed by atoms with Gasteiger partial charge >= 0.3 is 0 Å². The van der Waals surface area contributed by atoms with Gasteiger partial charge in [-0.1, -0.05) is 26.0 Å². The summed E-state index contributed by atoms with van der Waals surface area (Å²) in [6.07, 6.45) is 2.46. The number of rotatable bonds is 6. The van der Waals surface area contributed by atoms with Crippen LogP contribution in [0.1, 0.15) is 37.8 Å². The lowest BCUT2D eigenvalue weighted by Crippen LogP contribution is -2.44. The van der Waals surface area contributed by atoms with Crippen molar-refractivity contribution in [1.82, 2.24) is 4.72 Å². The average Bonchev–Trinajstić information content (AvgIpc) is 2.68. The molecule has 0 amide bonds. The van der Waals surface area contributed by atoms with Gasteiger partial charge in [0.1, 0.15) is 0 Å². The maximum absolute atomic E-state index is 12.7. The Bertz CT molecular complexity index is 921. The largest absolute Gasteiger partial charge is 0.371 e. The Morgan fingerprint density at radius 1 is 1.07 bits per heavy atom. The van der Waals surface area contributed by atoms with Gasteiger partial charge in [-0.25, -0.2) is 13.1 Å². The number of hydrogen-bond donors (Lipinski definition) is 1. The topological polar surface area (TPSA) is 73.2 Å². The quantitative estimate of drug-likeness (QED) is 0.806. The molecule has 1 fully saturated rings. The van der Waals surface area contributed by atoms with Crippen molar-refractivity contribution in [3.8, 4) is 6.07 Å². The van der Waals surface area contributed by atoms with Crippen LogP contribution in [0, 0.1) is 17.2 Å². The number of sulfonamides is 1. The molecule has 0 radical (unpaired) electrons. The van der Waals surface area contributed by atoms with Gasteiger partial charge in [0.2, 0.25) is 10.0 Å². The number of nitrogens with one attached hydrogen (secondary N) is 1. The fraction of sp³-hybridized carbons (Fsp3) is 0.409. The van der Waals surface area contributed by atoms with Crippen LogP contribution in [0.3, 0.4) is 0 Å². The molecule has 0 bridgehead atoms. The number of nitrogens with zero attached hydrogens (tertiary/aromatic N) is 2. The molecule has 0 saturated carbocycles. The lowest BCUT2D eigenvalue weighted by Gasteiger charge is -2.33. The Morgan fingerprint density at radius 3 is 2.21 bits per heavy atom. The van der Waals surface area contributed by atoms with Gasteiger partial charge in [0.15, 0.2) is 0 Å². The van der Waals surface area contributed by atoms with Crippen molar-refractivity contribution < 1.29 is 8.42 Å². The van der Waals surface area contributed by atoms with Crippen molar-refractivity contribution in [2.75, 3.05) is 18.0 Å². The Kier molecular flexibility index (Phi) is 6.38. The van der Waals surface area contributed by atoms with Crippen LogP contribution in [0.4, 0.5) is 5.69 Å². The van der Waals surface area contributed by atoms with Crippen LogP contribution in [-0.4, -0.2) is 27.5 Å². The van der Waals surface area contributed by atoms with Crippen LogP contribution in [0.25, 0.3) is 0 Å². The molecule has 2 aromatic carbocycles. The number of anilines is 1. The average molecular weight is 398 g/mol. The van der Waals surface area contributed by atoms with E-state index >= 15 is 0 Å². The summed E-state index contributed by atoms with van der Waals surface area (Å²) in [5.74, 6) is 0.543. The van der Waals surface area contributed by atoms with E-state index < -0.39 is 10.0 Å². The Morgan fingerprint density at radius 2 is 1.68 bits per heavy atom. The second kappa shape index (κ2) is 8.76. The summed E-state index contributed by atoms with van der Waals surface area (Å²) < 4.78 is 28.3. The molecule has 1 heterocycles. The summed E-state index contributed by atoms with van der Waals surface area (Å²) >= 11 is 0. The van der Waals surface area contributed by atoms with E-state index in [4.69, 9.17) is 5.26 Å². The molecule has 1 aliphatic rings. The molecule has 2 aromatic rings. The molecular formula is C22H27N3O2S. The maximum atomic E-state index is 12.7. The molecule has 0 atom stereocenters. The van der Waals surface area contributed by atoms with Crippen molar-refractivity contribution in [2.45, 2.75) is 44.0 Å². The summed E-state index contributed by atoms with van der Waals surface area (Å²) in [4.78, 5) is 2.56. The van der Waals surface area contributed by atoms with Gasteiger partial charge in [-0.2, -0.15) is 5.26 Å². The second-order valence-electron chi connectivity index (χ2n) is 7.78. The number of hydrogen-bond acceptors (Lipinski definition) is 4. The van der Waals surface area contributed by atoms with Crippen LogP contribution >= 0.6 is 0 Å². The van der Waals surface area contributed by atoms with Crippen LogP contribution in [0.5, 0.6) is 0 Å². The number of nitriles is 1. The van der Waals surface area contributed by atoms with Crippen molar-refractivity contribution in [3.05, 3.63) is 59.7 Å². The normalized spacial score (nSPS) is 15.6. The zero-order valence-corrected chi connectivity index (χ0v) is 17.2. The van der Waals surface area contributed by atoms with E-state index in [9.17, 15) is 8.42 Å². The summed E-state index contributed by atoms with van der Waals surface area (Å²) in [5.41, 5.74) is 2.87. The van der Waals surface area contributed by atoms with Crippen molar-refractivity contribution in [2.24, 2.45) is 5.92 Å². The lowest BCUT2D eigenvalue weighted by atomic mass is 10.0. The predicted molar refractivity (Wildman–Crippen MR) is 112 cm³/mol. The molecule has 0 unspecified atom stereocenters. The molecule has 6 heteroatoms. The molecule has 1 saturated heterocycles. The number of benzene rings is 2. The third kappa shape index (κ3) is 5.12. The first kappa shape index (κ1) is 20.4. The Labute approximate surface area is 168 Å². The molecule has 5 nitrogen and oxygen atoms in total. The van der Waals surface area contributed by atoms with Gasteiger partial charge in [0.25, 0.3) is 0 Å². The smallest absolute Gasteiger partial charge is 0.240 e. The van der Waals surface area contributed by atoms with Gasteiger partial charge < -0.3 is 4.90 Å². The van der Waals surface area contributed by atoms with Gasteiger partial charge in [0.05, 0.1) is 16.5 Å². The summed E-state index contributed by atoms with van der Waals surface area (Å²) in [6, 6.07) is 16.8. The first-order valence-corrected chi connectivity index (χ1v) is 11.2. The maximum Gasteiger partial charge on any atom is 0.240 e. The molecular weight excluding hydrogens is 370 g/mol. The zero-order valence-electron chi connectivity index (χ0n) is 16.4. The minimum absolute atomic E-state index is 0.0602. The molecule has 0 aromatic heterocycles. The molecule has 148 valence electrons. The van der Waals surface area contributed by atoms with E-state index in [1.807, 2.05) is 36.4 Å². The zero-order chi connectivity index (χ0) is 20.1. The van der Waals surface area contributed by atoms with E-state index in [0.29, 0.717) is 16.4 Å². The van der Waals surface area contributed by atoms with Gasteiger partial charge in [0, 0.05) is 24.8 Å². The molecule has 3 rings (SSSR count). The third-order valence-electron chi connectivity index (χ3n) is 5.06. The fourth-order valence-electron chi connectivity index (χ4n) is 3.57. The first-order valence-electron chi connectivity index (χ1n) is 9.74. The third-order valence-corrected chi connectivity index (χ3v) is 6.59. The van der Waals surface area contributed by atoms with Crippen LogP contribution < -0.4 is 9.62 Å². The molecule has 1 aliphatic heterocycles. The SMILES string of the molecule is CC(C)Cc1ccc(S(=O)(=O)NC2CCN(c3ccc(C#N)cc3)CC2)cc1. The Hall–Kier alpha value is -2.36. The van der Waals surface area contributed by atoms with Crippen molar-refractivity contribution >= 4 is 15.7 Å². The lowest BCUT2D eigenvalue weighted by molar-refractivity contribution is 0.460. The van der Waals surface area contributed by atoms with Crippen LogP contribution in [0.2, 0.25) is 0 Å². The van der Waals surface area contributed by atoms with E-state index in [1.54, 1.807) is 12.1 Å². The highest BCUT2D eigenvalue weighted by Gasteiger charge is 2.24. The summed E-state index contributed by atoms with van der Waals surface area (Å²) in [5, 5.41) is 8.90. The van der Waals surface area contributed by atoms with Crippen molar-refractivity contribution in [3.63, 3.8) is 0 Å². The molecule has 0 aliphatic carbocycles. The van der Waals surface area contributed by atoms with Gasteiger partial charge in [-0.3, -0.25) is 0 Å². The highest BCUT2D eigenvalue weighted by atomic mass is 32.2. The predicted octanol–water partition coefficient (Wildman–Crippen LogP) is 3.70. The van der Waals surface area contributed by atoms with E-state index in [1.165, 1.54) is 0 Å². The minimum atomic E-state index is -3.50. The number of piperidine rings is 1. The molecule has 28 heavy (non-hydrogen) atoms. The fourth-order valence-corrected chi connectivity index (χ4v) is 4.87. The highest BCUT2D eigenvalue weighted by Crippen LogP contribution is 2.22. The molecule has 0 spiro atoms. The molecule has 1 N–H and O–H groups in total. The van der Waals surface area contributed by atoms with Gasteiger partial charge in [-0.05, 0) is 67.1 Å². The Balaban J connectivity index is 1.57. The minimum Gasteiger partial charge on any atom is -0.371 e. The second-order valence-corrected chi connectivity index (χ2v) is 9.50. The monoisotopic (exact) mass is 397 g/mol. The van der Waals surface area contributed by atoms with Crippen molar-refractivity contribution in [1.29, 1.82) is 5.26 Å². The van der Waals surface area contributed by atoms with E-state index in [2.05, 4.69) is 29.5 Å². The van der Waals surface area contributed by atoms with Gasteiger partial charge in [-0.15, -0.1) is 0 Å². The highest BCUT2D eigenvalue weighted by molar-refractivity contribution is 7.89. The van der Waals surface area contributed by atoms with Crippen LogP contribution in [-0.2, 0) is 16.4 Å². The van der Waals surface area contributed by atoms with Crippen LogP contribution in [0.15, 0.2) is 53.4 Å². The van der Waals surface area contributed by atoms with E-state index in [0.717, 1.165) is 43.6 Å².